The molecule has 0 saturated carbocycles. The summed E-state index contributed by atoms with van der Waals surface area (Å²) >= 11 is 7.43. The predicted octanol–water partition coefficient (Wildman–Crippen LogP) is 6.70. The molecular weight excluding hydrogens is 451 g/mol. The van der Waals surface area contributed by atoms with E-state index in [4.69, 9.17) is 21.4 Å². The third kappa shape index (κ3) is 5.57. The van der Waals surface area contributed by atoms with Gasteiger partial charge in [0.1, 0.15) is 17.5 Å². The van der Waals surface area contributed by atoms with Crippen molar-refractivity contribution in [2.24, 2.45) is 0 Å². The van der Waals surface area contributed by atoms with Gasteiger partial charge in [-0.15, -0.1) is 0 Å². The summed E-state index contributed by atoms with van der Waals surface area (Å²) in [5.41, 5.74) is 2.68. The molecule has 2 aromatic carbocycles. The molecule has 0 radical (unpaired) electrons. The van der Waals surface area contributed by atoms with Gasteiger partial charge in [0.2, 0.25) is 0 Å². The highest BCUT2D eigenvalue weighted by atomic mass is 35.5. The molecule has 164 valence electrons. The van der Waals surface area contributed by atoms with Gasteiger partial charge in [0, 0.05) is 12.0 Å². The SMILES string of the molecule is Cc1ccc(-c2snc(Cl)c2COc2ccc(CCC(=O)O)c(C(F)(F)F)c2)c(C)c1. The molecule has 0 aliphatic heterocycles. The Bertz CT molecular complexity index is 1110. The summed E-state index contributed by atoms with van der Waals surface area (Å²) < 4.78 is 50.2. The lowest BCUT2D eigenvalue weighted by Crippen LogP contribution is -2.11. The standard InChI is InChI=1S/C22H19ClF3NO3S/c1-12-3-7-16(13(2)9-12)20-17(21(23)27-31-20)11-30-15-6-4-14(5-8-19(28)29)18(10-15)22(24,25)26/h3-4,6-7,9-10H,5,8,11H2,1-2H3,(H,28,29). The van der Waals surface area contributed by atoms with Crippen molar-refractivity contribution in [2.75, 3.05) is 0 Å². The average Bonchev–Trinajstić information content (AvgIpc) is 3.04. The highest BCUT2D eigenvalue weighted by Gasteiger charge is 2.34. The molecule has 0 spiro atoms. The second-order valence-electron chi connectivity index (χ2n) is 7.10. The number of ether oxygens (including phenoxy) is 1. The molecule has 0 atom stereocenters. The number of benzene rings is 2. The van der Waals surface area contributed by atoms with E-state index in [1.165, 1.54) is 23.7 Å². The van der Waals surface area contributed by atoms with Gasteiger partial charge in [0.05, 0.1) is 10.4 Å². The molecule has 0 unspecified atom stereocenters. The van der Waals surface area contributed by atoms with Crippen LogP contribution in [0.4, 0.5) is 13.2 Å². The van der Waals surface area contributed by atoms with Crippen molar-refractivity contribution in [3.05, 3.63) is 69.4 Å². The first-order valence-corrected chi connectivity index (χ1v) is 10.5. The molecule has 0 aliphatic rings. The van der Waals surface area contributed by atoms with Crippen LogP contribution in [0.25, 0.3) is 10.4 Å². The lowest BCUT2D eigenvalue weighted by molar-refractivity contribution is -0.140. The fourth-order valence-electron chi connectivity index (χ4n) is 3.22. The van der Waals surface area contributed by atoms with E-state index >= 15 is 0 Å². The van der Waals surface area contributed by atoms with Crippen LogP contribution >= 0.6 is 23.1 Å². The minimum atomic E-state index is -4.63. The predicted molar refractivity (Wildman–Crippen MR) is 114 cm³/mol. The van der Waals surface area contributed by atoms with Gasteiger partial charge in [0.15, 0.2) is 0 Å². The molecule has 1 N–H and O–H groups in total. The maximum atomic E-state index is 13.5. The van der Waals surface area contributed by atoms with Crippen LogP contribution in [-0.2, 0) is 24.0 Å². The number of nitrogens with zero attached hydrogens (tertiary/aromatic N) is 1. The zero-order valence-corrected chi connectivity index (χ0v) is 18.3. The van der Waals surface area contributed by atoms with Gasteiger partial charge >= 0.3 is 12.1 Å². The molecule has 3 rings (SSSR count). The number of aromatic nitrogens is 1. The number of carboxylic acid groups (broad SMARTS) is 1. The maximum absolute atomic E-state index is 13.5. The van der Waals surface area contributed by atoms with E-state index in [0.29, 0.717) is 5.56 Å². The minimum absolute atomic E-state index is 0.0141. The fourth-order valence-corrected chi connectivity index (χ4v) is 4.40. The number of aliphatic carboxylic acids is 1. The average molecular weight is 470 g/mol. The molecule has 0 aliphatic carbocycles. The molecule has 0 bridgehead atoms. The first kappa shape index (κ1) is 23.1. The molecule has 4 nitrogen and oxygen atoms in total. The summed E-state index contributed by atoms with van der Waals surface area (Å²) in [7, 11) is 0. The topological polar surface area (TPSA) is 59.4 Å². The van der Waals surface area contributed by atoms with Crippen LogP contribution in [0.1, 0.15) is 34.2 Å². The largest absolute Gasteiger partial charge is 0.489 e. The monoisotopic (exact) mass is 469 g/mol. The van der Waals surface area contributed by atoms with Crippen LogP contribution in [0.15, 0.2) is 36.4 Å². The van der Waals surface area contributed by atoms with Crippen molar-refractivity contribution in [3.63, 3.8) is 0 Å². The molecule has 3 aromatic rings. The van der Waals surface area contributed by atoms with Crippen molar-refractivity contribution in [3.8, 4) is 16.2 Å². The Kier molecular flexibility index (Phi) is 6.91. The first-order chi connectivity index (χ1) is 14.6. The van der Waals surface area contributed by atoms with Gasteiger partial charge in [-0.25, -0.2) is 0 Å². The third-order valence-electron chi connectivity index (χ3n) is 4.74. The molecule has 0 amide bonds. The summed E-state index contributed by atoms with van der Waals surface area (Å²) in [4.78, 5) is 11.5. The lowest BCUT2D eigenvalue weighted by atomic mass is 10.0. The summed E-state index contributed by atoms with van der Waals surface area (Å²) in [6.07, 6.45) is -5.24. The Balaban J connectivity index is 1.86. The highest BCUT2D eigenvalue weighted by Crippen LogP contribution is 2.38. The van der Waals surface area contributed by atoms with Gasteiger partial charge < -0.3 is 9.84 Å². The Morgan fingerprint density at radius 1 is 1.19 bits per heavy atom. The van der Waals surface area contributed by atoms with Crippen molar-refractivity contribution in [2.45, 2.75) is 39.5 Å². The van der Waals surface area contributed by atoms with E-state index in [-0.39, 0.29) is 29.5 Å². The minimum Gasteiger partial charge on any atom is -0.489 e. The smallest absolute Gasteiger partial charge is 0.416 e. The Labute approximate surface area is 186 Å². The molecular formula is C22H19ClF3NO3S. The molecule has 1 heterocycles. The van der Waals surface area contributed by atoms with Crippen molar-refractivity contribution >= 4 is 29.1 Å². The number of hydrogen-bond donors (Lipinski definition) is 1. The molecule has 0 fully saturated rings. The maximum Gasteiger partial charge on any atom is 0.416 e. The molecule has 0 saturated heterocycles. The van der Waals surface area contributed by atoms with Crippen molar-refractivity contribution in [1.29, 1.82) is 0 Å². The van der Waals surface area contributed by atoms with E-state index in [1.54, 1.807) is 0 Å². The summed E-state index contributed by atoms with van der Waals surface area (Å²) in [5.74, 6) is -1.15. The molecule has 9 heteroatoms. The fraction of sp³-hybridized carbons (Fsp3) is 0.273. The number of alkyl halides is 3. The van der Waals surface area contributed by atoms with E-state index in [9.17, 15) is 18.0 Å². The Hall–Kier alpha value is -2.58. The zero-order valence-electron chi connectivity index (χ0n) is 16.7. The number of hydrogen-bond acceptors (Lipinski definition) is 4. The van der Waals surface area contributed by atoms with Crippen molar-refractivity contribution in [1.82, 2.24) is 4.37 Å². The first-order valence-electron chi connectivity index (χ1n) is 9.32. The van der Waals surface area contributed by atoms with Gasteiger partial charge in [-0.2, -0.15) is 17.5 Å². The zero-order chi connectivity index (χ0) is 22.8. The van der Waals surface area contributed by atoms with Crippen LogP contribution in [-0.4, -0.2) is 15.4 Å². The summed E-state index contributed by atoms with van der Waals surface area (Å²) in [5, 5.41) is 9.01. The van der Waals surface area contributed by atoms with Gasteiger partial charge in [-0.05, 0) is 60.6 Å². The lowest BCUT2D eigenvalue weighted by Gasteiger charge is -2.15. The van der Waals surface area contributed by atoms with E-state index in [0.717, 1.165) is 27.6 Å². The van der Waals surface area contributed by atoms with Crippen LogP contribution in [0.2, 0.25) is 5.15 Å². The number of carbonyl (C=O) groups is 1. The van der Waals surface area contributed by atoms with Gasteiger partial charge in [-0.3, -0.25) is 4.79 Å². The number of aryl methyl sites for hydroxylation is 3. The van der Waals surface area contributed by atoms with Crippen LogP contribution in [0.5, 0.6) is 5.75 Å². The van der Waals surface area contributed by atoms with Crippen LogP contribution < -0.4 is 4.74 Å². The van der Waals surface area contributed by atoms with E-state index in [1.807, 2.05) is 32.0 Å². The summed E-state index contributed by atoms with van der Waals surface area (Å²) in [6, 6.07) is 9.49. The summed E-state index contributed by atoms with van der Waals surface area (Å²) in [6.45, 7) is 3.90. The van der Waals surface area contributed by atoms with E-state index in [2.05, 4.69) is 4.37 Å². The molecule has 31 heavy (non-hydrogen) atoms. The second-order valence-corrected chi connectivity index (χ2v) is 8.23. The number of rotatable bonds is 7. The van der Waals surface area contributed by atoms with Crippen molar-refractivity contribution < 1.29 is 27.8 Å². The van der Waals surface area contributed by atoms with Crippen LogP contribution in [0, 0.1) is 13.8 Å². The quantitative estimate of drug-likeness (QED) is 0.418. The van der Waals surface area contributed by atoms with Gasteiger partial charge in [-0.1, -0.05) is 41.4 Å². The third-order valence-corrected chi connectivity index (χ3v) is 6.08. The Morgan fingerprint density at radius 2 is 1.94 bits per heavy atom. The normalized spacial score (nSPS) is 11.5. The highest BCUT2D eigenvalue weighted by molar-refractivity contribution is 7.10. The number of carboxylic acids is 1. The number of halogens is 4. The van der Waals surface area contributed by atoms with Crippen LogP contribution in [0.3, 0.4) is 0 Å². The molecule has 1 aromatic heterocycles. The van der Waals surface area contributed by atoms with E-state index < -0.39 is 24.1 Å². The second kappa shape index (κ2) is 9.28. The van der Waals surface area contributed by atoms with Gasteiger partial charge in [0.25, 0.3) is 0 Å². The Morgan fingerprint density at radius 3 is 2.58 bits per heavy atom.